The average molecular weight is 548 g/mol. The molecule has 0 aliphatic heterocycles. The Morgan fingerprint density at radius 1 is 1.14 bits per heavy atom. The number of aromatic amines is 1. The van der Waals surface area contributed by atoms with Crippen molar-refractivity contribution in [1.29, 1.82) is 0 Å². The second-order valence-corrected chi connectivity index (χ2v) is 10.4. The van der Waals surface area contributed by atoms with Gasteiger partial charge in [0, 0.05) is 35.9 Å². The molecule has 37 heavy (non-hydrogen) atoms. The minimum absolute atomic E-state index is 0.0940. The van der Waals surface area contributed by atoms with Crippen LogP contribution in [0.1, 0.15) is 12.6 Å². The SMILES string of the molecule is CCN(CCO)CCNc1nc(-c2ccc(NS(=O)(=O)c3cc(Cl)ccc3F)cc2)nc2[nH]nc(C)c12. The van der Waals surface area contributed by atoms with Crippen LogP contribution in [0.5, 0.6) is 0 Å². The number of aliphatic hydroxyl groups excluding tert-OH is 1. The van der Waals surface area contributed by atoms with Crippen LogP contribution in [0.4, 0.5) is 15.9 Å². The lowest BCUT2D eigenvalue weighted by Gasteiger charge is -2.19. The average Bonchev–Trinajstić information content (AvgIpc) is 3.25. The Morgan fingerprint density at radius 3 is 2.59 bits per heavy atom. The lowest BCUT2D eigenvalue weighted by Crippen LogP contribution is -2.31. The van der Waals surface area contributed by atoms with Gasteiger partial charge in [-0.25, -0.2) is 22.8 Å². The Kier molecular flexibility index (Phi) is 8.22. The highest BCUT2D eigenvalue weighted by molar-refractivity contribution is 7.92. The van der Waals surface area contributed by atoms with Crippen LogP contribution in [0.25, 0.3) is 22.4 Å². The van der Waals surface area contributed by atoms with Crippen LogP contribution in [-0.4, -0.2) is 71.4 Å². The predicted octanol–water partition coefficient (Wildman–Crippen LogP) is 3.65. The van der Waals surface area contributed by atoms with E-state index in [0.29, 0.717) is 35.9 Å². The molecule has 196 valence electrons. The number of benzene rings is 2. The molecule has 0 aliphatic carbocycles. The second kappa shape index (κ2) is 11.4. The quantitative estimate of drug-likeness (QED) is 0.223. The molecule has 0 fully saturated rings. The molecule has 2 heterocycles. The van der Waals surface area contributed by atoms with Crippen molar-refractivity contribution < 1.29 is 17.9 Å². The minimum atomic E-state index is -4.18. The number of nitrogens with zero attached hydrogens (tertiary/aromatic N) is 4. The van der Waals surface area contributed by atoms with E-state index >= 15 is 0 Å². The van der Waals surface area contributed by atoms with Crippen LogP contribution in [0, 0.1) is 12.7 Å². The van der Waals surface area contributed by atoms with Gasteiger partial charge in [0.25, 0.3) is 10.0 Å². The van der Waals surface area contributed by atoms with Gasteiger partial charge in [-0.15, -0.1) is 0 Å². The number of anilines is 2. The third-order valence-corrected chi connectivity index (χ3v) is 7.39. The molecule has 2 aromatic heterocycles. The van der Waals surface area contributed by atoms with Gasteiger partial charge in [-0.05, 0) is 55.9 Å². The number of aliphatic hydroxyl groups is 1. The zero-order valence-corrected chi connectivity index (χ0v) is 21.9. The predicted molar refractivity (Wildman–Crippen MR) is 142 cm³/mol. The lowest BCUT2D eigenvalue weighted by molar-refractivity contribution is 0.206. The first kappa shape index (κ1) is 26.7. The number of fused-ring (bicyclic) bond motifs is 1. The molecule has 0 amide bonds. The fourth-order valence-electron chi connectivity index (χ4n) is 3.82. The summed E-state index contributed by atoms with van der Waals surface area (Å²) in [5, 5.41) is 20.6. The van der Waals surface area contributed by atoms with E-state index in [1.807, 2.05) is 13.8 Å². The van der Waals surface area contributed by atoms with E-state index in [2.05, 4.69) is 30.1 Å². The van der Waals surface area contributed by atoms with Crippen molar-refractivity contribution in [3.05, 3.63) is 59.0 Å². The van der Waals surface area contributed by atoms with E-state index < -0.39 is 20.7 Å². The van der Waals surface area contributed by atoms with Crippen molar-refractivity contribution in [3.8, 4) is 11.4 Å². The summed E-state index contributed by atoms with van der Waals surface area (Å²) < 4.78 is 41.8. The normalized spacial score (nSPS) is 11.8. The highest BCUT2D eigenvalue weighted by atomic mass is 35.5. The number of aromatic nitrogens is 4. The van der Waals surface area contributed by atoms with Crippen LogP contribution in [0.2, 0.25) is 5.02 Å². The number of nitrogens with one attached hydrogen (secondary N) is 3. The van der Waals surface area contributed by atoms with Crippen LogP contribution < -0.4 is 10.0 Å². The molecule has 0 atom stereocenters. The third kappa shape index (κ3) is 6.16. The molecule has 0 radical (unpaired) electrons. The number of halogens is 2. The van der Waals surface area contributed by atoms with Gasteiger partial charge in [-0.2, -0.15) is 5.10 Å². The number of likely N-dealkylation sites (N-methyl/N-ethyl adjacent to an activating group) is 1. The van der Waals surface area contributed by atoms with Gasteiger partial charge in [0.15, 0.2) is 11.5 Å². The largest absolute Gasteiger partial charge is 0.395 e. The molecule has 4 aromatic rings. The number of aryl methyl sites for hydroxylation is 1. The second-order valence-electron chi connectivity index (χ2n) is 8.27. The van der Waals surface area contributed by atoms with E-state index in [9.17, 15) is 17.9 Å². The van der Waals surface area contributed by atoms with E-state index in [4.69, 9.17) is 16.6 Å². The zero-order valence-electron chi connectivity index (χ0n) is 20.3. The molecule has 0 saturated carbocycles. The van der Waals surface area contributed by atoms with Crippen molar-refractivity contribution >= 4 is 44.2 Å². The molecule has 0 saturated heterocycles. The van der Waals surface area contributed by atoms with Crippen molar-refractivity contribution in [2.45, 2.75) is 18.7 Å². The first-order valence-corrected chi connectivity index (χ1v) is 13.5. The molecule has 0 bridgehead atoms. The number of sulfonamides is 1. The maximum atomic E-state index is 14.1. The highest BCUT2D eigenvalue weighted by Gasteiger charge is 2.20. The zero-order chi connectivity index (χ0) is 26.6. The maximum Gasteiger partial charge on any atom is 0.264 e. The molecule has 13 heteroatoms. The smallest absolute Gasteiger partial charge is 0.264 e. The molecule has 2 aromatic carbocycles. The standard InChI is InChI=1S/C24H27ClFN7O3S/c1-3-33(12-13-34)11-10-27-23-21-15(2)30-31-24(21)29-22(28-23)16-4-7-18(8-5-16)32-37(35,36)20-14-17(25)6-9-19(20)26/h4-9,14,32,34H,3,10-13H2,1-2H3,(H2,27,28,29,30,31). The Morgan fingerprint density at radius 2 is 1.89 bits per heavy atom. The van der Waals surface area contributed by atoms with Crippen molar-refractivity contribution in [2.24, 2.45) is 0 Å². The number of rotatable bonds is 11. The summed E-state index contributed by atoms with van der Waals surface area (Å²) >= 11 is 5.84. The fraction of sp³-hybridized carbons (Fsp3) is 0.292. The summed E-state index contributed by atoms with van der Waals surface area (Å²) in [6.07, 6.45) is 0. The number of hydrogen-bond donors (Lipinski definition) is 4. The Labute approximate surface area is 219 Å². The summed E-state index contributed by atoms with van der Waals surface area (Å²) in [4.78, 5) is 10.8. The van der Waals surface area contributed by atoms with E-state index in [-0.39, 0.29) is 17.3 Å². The molecular formula is C24H27ClFN7O3S. The number of H-pyrrole nitrogens is 1. The first-order chi connectivity index (χ1) is 17.7. The number of hydrogen-bond acceptors (Lipinski definition) is 8. The van der Waals surface area contributed by atoms with Crippen molar-refractivity contribution in [2.75, 3.05) is 42.8 Å². The monoisotopic (exact) mass is 547 g/mol. The lowest BCUT2D eigenvalue weighted by atomic mass is 10.2. The van der Waals surface area contributed by atoms with E-state index in [1.165, 1.54) is 6.07 Å². The highest BCUT2D eigenvalue weighted by Crippen LogP contribution is 2.28. The third-order valence-electron chi connectivity index (χ3n) is 5.76. The van der Waals surface area contributed by atoms with Gasteiger partial charge >= 0.3 is 0 Å². The Hall–Kier alpha value is -3.32. The molecule has 4 N–H and O–H groups in total. The molecule has 0 aliphatic rings. The minimum Gasteiger partial charge on any atom is -0.395 e. The van der Waals surface area contributed by atoms with Gasteiger partial charge in [-0.3, -0.25) is 14.7 Å². The topological polar surface area (TPSA) is 136 Å². The van der Waals surface area contributed by atoms with Gasteiger partial charge in [0.05, 0.1) is 17.7 Å². The maximum absolute atomic E-state index is 14.1. The summed E-state index contributed by atoms with van der Waals surface area (Å²) in [5.41, 5.74) is 2.20. The van der Waals surface area contributed by atoms with Crippen molar-refractivity contribution in [3.63, 3.8) is 0 Å². The molecular weight excluding hydrogens is 521 g/mol. The van der Waals surface area contributed by atoms with Gasteiger partial charge in [0.2, 0.25) is 0 Å². The van der Waals surface area contributed by atoms with Crippen molar-refractivity contribution in [1.82, 2.24) is 25.1 Å². The van der Waals surface area contributed by atoms with Gasteiger partial charge in [-0.1, -0.05) is 18.5 Å². The van der Waals surface area contributed by atoms with Gasteiger partial charge < -0.3 is 10.4 Å². The van der Waals surface area contributed by atoms with Gasteiger partial charge in [0.1, 0.15) is 16.5 Å². The summed E-state index contributed by atoms with van der Waals surface area (Å²) in [6, 6.07) is 9.76. The Balaban J connectivity index is 1.57. The molecule has 4 rings (SSSR count). The van der Waals surface area contributed by atoms with Crippen LogP contribution in [0.3, 0.4) is 0 Å². The summed E-state index contributed by atoms with van der Waals surface area (Å²) in [7, 11) is -4.18. The summed E-state index contributed by atoms with van der Waals surface area (Å²) in [5.74, 6) is 0.132. The van der Waals surface area contributed by atoms with Crippen LogP contribution in [-0.2, 0) is 10.0 Å². The van der Waals surface area contributed by atoms with Crippen LogP contribution >= 0.6 is 11.6 Å². The van der Waals surface area contributed by atoms with Crippen LogP contribution in [0.15, 0.2) is 47.4 Å². The van der Waals surface area contributed by atoms with E-state index in [0.717, 1.165) is 36.3 Å². The first-order valence-electron chi connectivity index (χ1n) is 11.6. The fourth-order valence-corrected chi connectivity index (χ4v) is 5.22. The molecule has 0 unspecified atom stereocenters. The molecule has 10 nitrogen and oxygen atoms in total. The Bertz CT molecular complexity index is 1500. The van der Waals surface area contributed by atoms with E-state index in [1.54, 1.807) is 24.3 Å². The molecule has 0 spiro atoms. The summed E-state index contributed by atoms with van der Waals surface area (Å²) in [6.45, 7) is 6.72.